The lowest BCUT2D eigenvalue weighted by Gasteiger charge is -2.21. The number of ether oxygens (including phenoxy) is 1. The third-order valence-corrected chi connectivity index (χ3v) is 1.84. The number of rotatable bonds is 0. The molecule has 0 spiro atoms. The van der Waals surface area contributed by atoms with Crippen LogP contribution in [0.15, 0.2) is 11.3 Å². The average molecular weight is 126 g/mol. The second kappa shape index (κ2) is 2.42. The van der Waals surface area contributed by atoms with Gasteiger partial charge in [-0.3, -0.25) is 0 Å². The van der Waals surface area contributed by atoms with Crippen molar-refractivity contribution in [1.29, 1.82) is 0 Å². The van der Waals surface area contributed by atoms with E-state index < -0.39 is 0 Å². The minimum atomic E-state index is 0.716. The third-order valence-electron chi connectivity index (χ3n) is 1.84. The predicted molar refractivity (Wildman–Crippen MR) is 38.1 cm³/mol. The van der Waals surface area contributed by atoms with Crippen molar-refractivity contribution in [3.63, 3.8) is 0 Å². The molecule has 1 heterocycles. The second-order valence-electron chi connectivity index (χ2n) is 2.96. The van der Waals surface area contributed by atoms with Gasteiger partial charge in [-0.2, -0.15) is 0 Å². The fourth-order valence-electron chi connectivity index (χ4n) is 1.12. The van der Waals surface area contributed by atoms with Crippen molar-refractivity contribution < 1.29 is 4.74 Å². The quantitative estimate of drug-likeness (QED) is 0.484. The predicted octanol–water partition coefficient (Wildman–Crippen LogP) is 2.34. The first-order valence-electron chi connectivity index (χ1n) is 3.49. The lowest BCUT2D eigenvalue weighted by molar-refractivity contribution is 0.149. The molecule has 0 amide bonds. The van der Waals surface area contributed by atoms with Gasteiger partial charge in [-0.15, -0.1) is 0 Å². The van der Waals surface area contributed by atoms with Gasteiger partial charge in [0.25, 0.3) is 0 Å². The van der Waals surface area contributed by atoms with Gasteiger partial charge in [-0.05, 0) is 31.8 Å². The maximum Gasteiger partial charge on any atom is 0.0918 e. The number of hydrogen-bond donors (Lipinski definition) is 0. The molecule has 0 saturated carbocycles. The topological polar surface area (TPSA) is 9.23 Å². The van der Waals surface area contributed by atoms with Gasteiger partial charge in [-0.25, -0.2) is 0 Å². The van der Waals surface area contributed by atoms with Crippen LogP contribution < -0.4 is 0 Å². The second-order valence-corrected chi connectivity index (χ2v) is 2.96. The van der Waals surface area contributed by atoms with Crippen LogP contribution >= 0.6 is 0 Å². The Hall–Kier alpha value is -0.460. The zero-order valence-electron chi connectivity index (χ0n) is 6.40. The molecule has 1 aliphatic rings. The molecule has 0 unspecified atom stereocenters. The van der Waals surface area contributed by atoms with Gasteiger partial charge in [0, 0.05) is 0 Å². The van der Waals surface area contributed by atoms with Gasteiger partial charge in [0.05, 0.1) is 12.4 Å². The molecule has 0 bridgehead atoms. The van der Waals surface area contributed by atoms with Crippen LogP contribution in [0.1, 0.15) is 27.2 Å². The van der Waals surface area contributed by atoms with Crippen LogP contribution in [0.3, 0.4) is 0 Å². The normalized spacial score (nSPS) is 28.1. The first kappa shape index (κ1) is 6.66. The smallest absolute Gasteiger partial charge is 0.0918 e. The van der Waals surface area contributed by atoms with E-state index in [1.54, 1.807) is 0 Å². The summed E-state index contributed by atoms with van der Waals surface area (Å²) >= 11 is 0. The summed E-state index contributed by atoms with van der Waals surface area (Å²) in [6.07, 6.45) is 1.21. The van der Waals surface area contributed by atoms with Crippen LogP contribution in [0.4, 0.5) is 0 Å². The average Bonchev–Trinajstić information content (AvgIpc) is 1.80. The third kappa shape index (κ3) is 1.47. The van der Waals surface area contributed by atoms with Crippen molar-refractivity contribution in [2.24, 2.45) is 5.92 Å². The highest BCUT2D eigenvalue weighted by Gasteiger charge is 2.11. The summed E-state index contributed by atoms with van der Waals surface area (Å²) in [7, 11) is 0. The fraction of sp³-hybridized carbons (Fsp3) is 0.750. The fourth-order valence-corrected chi connectivity index (χ4v) is 1.12. The van der Waals surface area contributed by atoms with Crippen molar-refractivity contribution in [2.45, 2.75) is 27.2 Å². The van der Waals surface area contributed by atoms with Crippen LogP contribution in [-0.4, -0.2) is 6.61 Å². The van der Waals surface area contributed by atoms with Crippen LogP contribution in [0.2, 0.25) is 0 Å². The Morgan fingerprint density at radius 3 is 2.56 bits per heavy atom. The van der Waals surface area contributed by atoms with E-state index in [9.17, 15) is 0 Å². The van der Waals surface area contributed by atoms with Crippen LogP contribution in [-0.2, 0) is 4.74 Å². The summed E-state index contributed by atoms with van der Waals surface area (Å²) in [5, 5.41) is 0. The Kier molecular flexibility index (Phi) is 1.79. The Balaban J connectivity index is 2.61. The van der Waals surface area contributed by atoms with Crippen molar-refractivity contribution in [2.75, 3.05) is 6.61 Å². The molecule has 0 radical (unpaired) electrons. The van der Waals surface area contributed by atoms with E-state index in [0.29, 0.717) is 5.92 Å². The van der Waals surface area contributed by atoms with E-state index in [4.69, 9.17) is 4.74 Å². The molecule has 0 fully saturated rings. The summed E-state index contributed by atoms with van der Waals surface area (Å²) in [6, 6.07) is 0. The first-order chi connectivity index (χ1) is 4.20. The van der Waals surface area contributed by atoms with E-state index >= 15 is 0 Å². The zero-order chi connectivity index (χ0) is 6.85. The minimum absolute atomic E-state index is 0.716. The Bertz CT molecular complexity index is 136. The van der Waals surface area contributed by atoms with Crippen molar-refractivity contribution in [1.82, 2.24) is 0 Å². The largest absolute Gasteiger partial charge is 0.498 e. The van der Waals surface area contributed by atoms with Crippen molar-refractivity contribution in [3.8, 4) is 0 Å². The molecule has 1 aliphatic heterocycles. The lowest BCUT2D eigenvalue weighted by Crippen LogP contribution is -2.12. The van der Waals surface area contributed by atoms with Gasteiger partial charge in [-0.1, -0.05) is 6.92 Å². The molecular formula is C8H14O. The van der Waals surface area contributed by atoms with Crippen LogP contribution in [0, 0.1) is 5.92 Å². The van der Waals surface area contributed by atoms with E-state index in [-0.39, 0.29) is 0 Å². The summed E-state index contributed by atoms with van der Waals surface area (Å²) < 4.78 is 5.38. The van der Waals surface area contributed by atoms with Crippen LogP contribution in [0.25, 0.3) is 0 Å². The maximum absolute atomic E-state index is 5.38. The zero-order valence-corrected chi connectivity index (χ0v) is 6.40. The maximum atomic E-state index is 5.38. The monoisotopic (exact) mass is 126 g/mol. The van der Waals surface area contributed by atoms with E-state index in [1.807, 2.05) is 6.92 Å². The molecule has 1 rings (SSSR count). The molecule has 0 N–H and O–H groups in total. The molecule has 0 aromatic carbocycles. The molecule has 52 valence electrons. The Morgan fingerprint density at radius 2 is 2.11 bits per heavy atom. The van der Waals surface area contributed by atoms with Gasteiger partial charge in [0.1, 0.15) is 0 Å². The highest BCUT2D eigenvalue weighted by Crippen LogP contribution is 2.21. The summed E-state index contributed by atoms with van der Waals surface area (Å²) in [4.78, 5) is 0. The number of hydrogen-bond acceptors (Lipinski definition) is 1. The molecule has 0 aromatic heterocycles. The molecule has 1 heteroatoms. The lowest BCUT2D eigenvalue weighted by atomic mass is 10.0. The summed E-state index contributed by atoms with van der Waals surface area (Å²) in [5.74, 6) is 1.85. The highest BCUT2D eigenvalue weighted by molar-refractivity contribution is 5.06. The molecule has 1 atom stereocenters. The molecule has 0 aliphatic carbocycles. The molecular weight excluding hydrogens is 112 g/mol. The van der Waals surface area contributed by atoms with Gasteiger partial charge < -0.3 is 4.74 Å². The van der Waals surface area contributed by atoms with E-state index in [2.05, 4.69) is 13.8 Å². The van der Waals surface area contributed by atoms with Gasteiger partial charge in [0.2, 0.25) is 0 Å². The Morgan fingerprint density at radius 1 is 1.44 bits per heavy atom. The minimum Gasteiger partial charge on any atom is -0.498 e. The summed E-state index contributed by atoms with van der Waals surface area (Å²) in [5.41, 5.74) is 1.41. The SMILES string of the molecule is CC1=C(C)OC[C@@H](C)C1. The first-order valence-corrected chi connectivity index (χ1v) is 3.49. The van der Waals surface area contributed by atoms with E-state index in [1.165, 1.54) is 12.0 Å². The van der Waals surface area contributed by atoms with Gasteiger partial charge >= 0.3 is 0 Å². The highest BCUT2D eigenvalue weighted by atomic mass is 16.5. The molecule has 0 saturated heterocycles. The molecule has 1 nitrogen and oxygen atoms in total. The Labute approximate surface area is 56.7 Å². The standard InChI is InChI=1S/C8H14O/c1-6-4-7(2)8(3)9-5-6/h6H,4-5H2,1-3H3/t6-/m0/s1. The van der Waals surface area contributed by atoms with Crippen molar-refractivity contribution >= 4 is 0 Å². The number of allylic oxidation sites excluding steroid dienone is 2. The molecule has 0 aromatic rings. The van der Waals surface area contributed by atoms with Crippen LogP contribution in [0.5, 0.6) is 0 Å². The van der Waals surface area contributed by atoms with Gasteiger partial charge in [0.15, 0.2) is 0 Å². The molecule has 9 heavy (non-hydrogen) atoms. The van der Waals surface area contributed by atoms with E-state index in [0.717, 1.165) is 12.4 Å². The van der Waals surface area contributed by atoms with Crippen molar-refractivity contribution in [3.05, 3.63) is 11.3 Å². The summed E-state index contributed by atoms with van der Waals surface area (Å²) in [6.45, 7) is 7.31.